The van der Waals surface area contributed by atoms with Crippen LogP contribution in [0.2, 0.25) is 0 Å². The molecule has 0 radical (unpaired) electrons. The van der Waals surface area contributed by atoms with E-state index < -0.39 is 0 Å². The van der Waals surface area contributed by atoms with E-state index in [0.717, 1.165) is 18.7 Å². The zero-order valence-corrected chi connectivity index (χ0v) is 11.9. The van der Waals surface area contributed by atoms with E-state index in [4.69, 9.17) is 5.73 Å². The van der Waals surface area contributed by atoms with E-state index >= 15 is 0 Å². The summed E-state index contributed by atoms with van der Waals surface area (Å²) >= 11 is 0. The molecule has 2 amide bonds. The van der Waals surface area contributed by atoms with Crippen LogP contribution in [0.25, 0.3) is 0 Å². The first kappa shape index (κ1) is 14.5. The minimum atomic E-state index is -0.213. The number of nitrogens with zero attached hydrogens (tertiary/aromatic N) is 1. The van der Waals surface area contributed by atoms with Gasteiger partial charge in [-0.1, -0.05) is 19.1 Å². The largest absolute Gasteiger partial charge is 0.369 e. The number of benzene rings is 1. The lowest BCUT2D eigenvalue weighted by Crippen LogP contribution is -2.29. The molecule has 2 rings (SSSR count). The Morgan fingerprint density at radius 3 is 2.45 bits per heavy atom. The standard InChI is InChI=1S/C15H21N3O2/c1-10-7-18(9-13(10)14(16)19)8-11-3-5-12(6-4-11)15(20)17-2/h3-6,10,13H,7-9H2,1-2H3,(H2,16,19)(H,17,20)/t10-,13-/m1/s1. The van der Waals surface area contributed by atoms with Crippen molar-refractivity contribution in [3.8, 4) is 0 Å². The molecule has 0 unspecified atom stereocenters. The van der Waals surface area contributed by atoms with Crippen molar-refractivity contribution in [3.63, 3.8) is 0 Å². The van der Waals surface area contributed by atoms with Gasteiger partial charge in [-0.15, -0.1) is 0 Å². The summed E-state index contributed by atoms with van der Waals surface area (Å²) in [5.74, 6) is -0.0483. The Hall–Kier alpha value is -1.88. The van der Waals surface area contributed by atoms with Crippen molar-refractivity contribution in [1.82, 2.24) is 10.2 Å². The average molecular weight is 275 g/mol. The molecule has 5 nitrogen and oxygen atoms in total. The first-order valence-electron chi connectivity index (χ1n) is 6.84. The molecule has 0 aromatic heterocycles. The van der Waals surface area contributed by atoms with Crippen LogP contribution in [-0.2, 0) is 11.3 Å². The molecule has 1 aromatic rings. The number of hydrogen-bond acceptors (Lipinski definition) is 3. The van der Waals surface area contributed by atoms with Gasteiger partial charge in [0.1, 0.15) is 0 Å². The SMILES string of the molecule is CNC(=O)c1ccc(CN2C[C@@H](C)[C@H](C(N)=O)C2)cc1. The summed E-state index contributed by atoms with van der Waals surface area (Å²) in [6.45, 7) is 4.44. The summed E-state index contributed by atoms with van der Waals surface area (Å²) in [5.41, 5.74) is 7.19. The highest BCUT2D eigenvalue weighted by molar-refractivity contribution is 5.93. The Morgan fingerprint density at radius 2 is 1.95 bits per heavy atom. The molecule has 0 spiro atoms. The molecule has 108 valence electrons. The topological polar surface area (TPSA) is 75.4 Å². The van der Waals surface area contributed by atoms with Crippen molar-refractivity contribution in [3.05, 3.63) is 35.4 Å². The maximum absolute atomic E-state index is 11.5. The van der Waals surface area contributed by atoms with Crippen LogP contribution < -0.4 is 11.1 Å². The zero-order valence-electron chi connectivity index (χ0n) is 11.9. The molecule has 1 aromatic carbocycles. The van der Waals surface area contributed by atoms with Gasteiger partial charge < -0.3 is 11.1 Å². The van der Waals surface area contributed by atoms with Crippen LogP contribution in [0.1, 0.15) is 22.8 Å². The Morgan fingerprint density at radius 1 is 1.30 bits per heavy atom. The highest BCUT2D eigenvalue weighted by atomic mass is 16.2. The first-order chi connectivity index (χ1) is 9.51. The fraction of sp³-hybridized carbons (Fsp3) is 0.467. The summed E-state index contributed by atoms with van der Waals surface area (Å²) in [6, 6.07) is 7.54. The van der Waals surface area contributed by atoms with Crippen LogP contribution in [0.15, 0.2) is 24.3 Å². The number of likely N-dealkylation sites (tertiary alicyclic amines) is 1. The minimum Gasteiger partial charge on any atom is -0.369 e. The molecule has 20 heavy (non-hydrogen) atoms. The highest BCUT2D eigenvalue weighted by Gasteiger charge is 2.33. The molecule has 5 heteroatoms. The van der Waals surface area contributed by atoms with Gasteiger partial charge in [0.25, 0.3) is 5.91 Å². The summed E-state index contributed by atoms with van der Waals surface area (Å²) in [7, 11) is 1.62. The number of amides is 2. The van der Waals surface area contributed by atoms with Gasteiger partial charge in [-0.2, -0.15) is 0 Å². The Bertz CT molecular complexity index is 498. The Labute approximate surface area is 119 Å². The molecule has 1 fully saturated rings. The number of nitrogens with one attached hydrogen (secondary N) is 1. The smallest absolute Gasteiger partial charge is 0.251 e. The van der Waals surface area contributed by atoms with Crippen LogP contribution in [0.3, 0.4) is 0 Å². The van der Waals surface area contributed by atoms with E-state index in [1.54, 1.807) is 7.05 Å². The molecule has 1 aliphatic rings. The fourth-order valence-corrected chi connectivity index (χ4v) is 2.73. The first-order valence-corrected chi connectivity index (χ1v) is 6.84. The van der Waals surface area contributed by atoms with Crippen molar-refractivity contribution < 1.29 is 9.59 Å². The lowest BCUT2D eigenvalue weighted by atomic mass is 9.98. The molecule has 3 N–H and O–H groups in total. The van der Waals surface area contributed by atoms with Gasteiger partial charge in [-0.25, -0.2) is 0 Å². The molecule has 0 aliphatic carbocycles. The monoisotopic (exact) mass is 275 g/mol. The van der Waals surface area contributed by atoms with E-state index in [1.165, 1.54) is 0 Å². The van der Waals surface area contributed by atoms with Gasteiger partial charge >= 0.3 is 0 Å². The molecule has 0 saturated carbocycles. The predicted octanol–water partition coefficient (Wildman–Crippen LogP) is 0.599. The second-order valence-electron chi connectivity index (χ2n) is 5.46. The molecular weight excluding hydrogens is 254 g/mol. The number of hydrogen-bond donors (Lipinski definition) is 2. The molecule has 1 saturated heterocycles. The van der Waals surface area contributed by atoms with Gasteiger partial charge in [-0.05, 0) is 23.6 Å². The summed E-state index contributed by atoms with van der Waals surface area (Å²) in [5, 5.41) is 2.60. The van der Waals surface area contributed by atoms with Crippen LogP contribution in [0.4, 0.5) is 0 Å². The lowest BCUT2D eigenvalue weighted by molar-refractivity contribution is -0.122. The number of primary amides is 1. The Kier molecular flexibility index (Phi) is 4.39. The maximum atomic E-state index is 11.5. The number of carbonyl (C=O) groups is 2. The van der Waals surface area contributed by atoms with Crippen molar-refractivity contribution in [2.24, 2.45) is 17.6 Å². The van der Waals surface area contributed by atoms with Crippen molar-refractivity contribution in [2.45, 2.75) is 13.5 Å². The third-order valence-electron chi connectivity index (χ3n) is 3.90. The lowest BCUT2D eigenvalue weighted by Gasteiger charge is -2.15. The second kappa shape index (κ2) is 6.05. The van der Waals surface area contributed by atoms with Gasteiger partial charge in [0.2, 0.25) is 5.91 Å². The van der Waals surface area contributed by atoms with Crippen molar-refractivity contribution in [1.29, 1.82) is 0 Å². The molecular formula is C15H21N3O2. The normalized spacial score (nSPS) is 22.7. The summed E-state index contributed by atoms with van der Waals surface area (Å²) < 4.78 is 0. The minimum absolute atomic E-state index is 0.0554. The van der Waals surface area contributed by atoms with Gasteiger partial charge in [0.05, 0.1) is 5.92 Å². The molecule has 1 aliphatic heterocycles. The number of carbonyl (C=O) groups excluding carboxylic acids is 2. The van der Waals surface area contributed by atoms with E-state index in [1.807, 2.05) is 24.3 Å². The second-order valence-corrected chi connectivity index (χ2v) is 5.46. The fourth-order valence-electron chi connectivity index (χ4n) is 2.73. The third-order valence-corrected chi connectivity index (χ3v) is 3.90. The van der Waals surface area contributed by atoms with Gasteiger partial charge in [0.15, 0.2) is 0 Å². The Balaban J connectivity index is 1.98. The highest BCUT2D eigenvalue weighted by Crippen LogP contribution is 2.24. The van der Waals surface area contributed by atoms with E-state index in [-0.39, 0.29) is 17.7 Å². The van der Waals surface area contributed by atoms with Crippen LogP contribution in [0.5, 0.6) is 0 Å². The van der Waals surface area contributed by atoms with E-state index in [9.17, 15) is 9.59 Å². The van der Waals surface area contributed by atoms with E-state index in [0.29, 0.717) is 18.0 Å². The van der Waals surface area contributed by atoms with Gasteiger partial charge in [0, 0.05) is 32.2 Å². The number of rotatable bonds is 4. The summed E-state index contributed by atoms with van der Waals surface area (Å²) in [4.78, 5) is 25.0. The quantitative estimate of drug-likeness (QED) is 0.845. The number of nitrogens with two attached hydrogens (primary N) is 1. The molecule has 2 atom stereocenters. The molecule has 1 heterocycles. The van der Waals surface area contributed by atoms with Crippen molar-refractivity contribution >= 4 is 11.8 Å². The third kappa shape index (κ3) is 3.17. The van der Waals surface area contributed by atoms with Crippen LogP contribution in [-0.4, -0.2) is 36.9 Å². The molecule has 0 bridgehead atoms. The average Bonchev–Trinajstić information content (AvgIpc) is 2.79. The van der Waals surface area contributed by atoms with Crippen molar-refractivity contribution in [2.75, 3.05) is 20.1 Å². The van der Waals surface area contributed by atoms with Gasteiger partial charge in [-0.3, -0.25) is 14.5 Å². The van der Waals surface area contributed by atoms with E-state index in [2.05, 4.69) is 17.1 Å². The van der Waals surface area contributed by atoms with Crippen LogP contribution >= 0.6 is 0 Å². The zero-order chi connectivity index (χ0) is 14.7. The van der Waals surface area contributed by atoms with Crippen LogP contribution in [0, 0.1) is 11.8 Å². The predicted molar refractivity (Wildman–Crippen MR) is 77.0 cm³/mol. The summed E-state index contributed by atoms with van der Waals surface area (Å²) in [6.07, 6.45) is 0. The maximum Gasteiger partial charge on any atom is 0.251 e.